The first-order chi connectivity index (χ1) is 8.97. The van der Waals surface area contributed by atoms with Crippen LogP contribution in [0, 0.1) is 11.6 Å². The lowest BCUT2D eigenvalue weighted by Crippen LogP contribution is -2.14. The van der Waals surface area contributed by atoms with Crippen molar-refractivity contribution in [3.8, 4) is 0 Å². The molecule has 1 amide bonds. The second-order valence-corrected chi connectivity index (χ2v) is 4.68. The second kappa shape index (κ2) is 5.36. The van der Waals surface area contributed by atoms with Crippen molar-refractivity contribution in [1.29, 1.82) is 0 Å². The smallest absolute Gasteiger partial charge is 0.255 e. The van der Waals surface area contributed by atoms with Gasteiger partial charge >= 0.3 is 0 Å². The van der Waals surface area contributed by atoms with Gasteiger partial charge in [-0.25, -0.2) is 8.78 Å². The number of amides is 1. The van der Waals surface area contributed by atoms with Gasteiger partial charge in [-0.3, -0.25) is 4.79 Å². The summed E-state index contributed by atoms with van der Waals surface area (Å²) in [7, 11) is 0. The summed E-state index contributed by atoms with van der Waals surface area (Å²) in [5, 5.41) is 2.37. The highest BCUT2D eigenvalue weighted by Gasteiger charge is 2.13. The topological polar surface area (TPSA) is 55.1 Å². The zero-order valence-corrected chi connectivity index (χ0v) is 11.2. The fourth-order valence-corrected chi connectivity index (χ4v) is 1.99. The van der Waals surface area contributed by atoms with E-state index in [1.54, 1.807) is 6.07 Å². The summed E-state index contributed by atoms with van der Waals surface area (Å²) >= 11 is 3.12. The quantitative estimate of drug-likeness (QED) is 0.829. The standard InChI is InChI=1S/C13H9BrF2N2O/c14-10-2-1-3-11(16)12(10)18-13(19)7-4-8(15)6-9(17)5-7/h1-6H,17H2,(H,18,19). The Morgan fingerprint density at radius 3 is 2.58 bits per heavy atom. The van der Waals surface area contributed by atoms with E-state index in [0.717, 1.165) is 12.1 Å². The van der Waals surface area contributed by atoms with Crippen LogP contribution in [0.1, 0.15) is 10.4 Å². The van der Waals surface area contributed by atoms with Crippen LogP contribution in [0.2, 0.25) is 0 Å². The molecule has 98 valence electrons. The number of hydrogen-bond acceptors (Lipinski definition) is 2. The molecule has 2 rings (SSSR count). The molecule has 0 aliphatic carbocycles. The Bertz CT molecular complexity index is 606. The van der Waals surface area contributed by atoms with Gasteiger partial charge in [0.05, 0.1) is 5.69 Å². The van der Waals surface area contributed by atoms with Gasteiger partial charge < -0.3 is 11.1 Å². The number of benzene rings is 2. The van der Waals surface area contributed by atoms with Gasteiger partial charge in [-0.15, -0.1) is 0 Å². The van der Waals surface area contributed by atoms with E-state index < -0.39 is 17.5 Å². The molecule has 0 unspecified atom stereocenters. The lowest BCUT2D eigenvalue weighted by molar-refractivity contribution is 0.102. The largest absolute Gasteiger partial charge is 0.399 e. The van der Waals surface area contributed by atoms with Crippen LogP contribution in [0.15, 0.2) is 40.9 Å². The first kappa shape index (κ1) is 13.5. The van der Waals surface area contributed by atoms with E-state index in [0.29, 0.717) is 4.47 Å². The molecule has 3 N–H and O–H groups in total. The van der Waals surface area contributed by atoms with Crippen molar-refractivity contribution in [2.45, 2.75) is 0 Å². The normalized spacial score (nSPS) is 10.3. The van der Waals surface area contributed by atoms with Crippen LogP contribution in [0.4, 0.5) is 20.2 Å². The van der Waals surface area contributed by atoms with Crippen LogP contribution in [0.3, 0.4) is 0 Å². The van der Waals surface area contributed by atoms with Crippen molar-refractivity contribution in [3.63, 3.8) is 0 Å². The Balaban J connectivity index is 2.31. The van der Waals surface area contributed by atoms with Gasteiger partial charge in [0, 0.05) is 15.7 Å². The highest BCUT2D eigenvalue weighted by molar-refractivity contribution is 9.10. The number of carbonyl (C=O) groups is 1. The van der Waals surface area contributed by atoms with Crippen LogP contribution in [0.25, 0.3) is 0 Å². The number of nitrogens with one attached hydrogen (secondary N) is 1. The number of nitrogens with two attached hydrogens (primary N) is 1. The number of hydrogen-bond donors (Lipinski definition) is 2. The number of rotatable bonds is 2. The molecule has 0 spiro atoms. The molecule has 6 heteroatoms. The molecule has 0 aromatic heterocycles. The van der Waals surface area contributed by atoms with Crippen molar-refractivity contribution >= 4 is 33.2 Å². The van der Waals surface area contributed by atoms with Crippen LogP contribution in [0.5, 0.6) is 0 Å². The first-order valence-electron chi connectivity index (χ1n) is 5.29. The highest BCUT2D eigenvalue weighted by Crippen LogP contribution is 2.26. The predicted octanol–water partition coefficient (Wildman–Crippen LogP) is 3.56. The Hall–Kier alpha value is -1.95. The van der Waals surface area contributed by atoms with Crippen LogP contribution < -0.4 is 11.1 Å². The molecule has 0 aliphatic rings. The minimum atomic E-state index is -0.642. The monoisotopic (exact) mass is 326 g/mol. The van der Waals surface area contributed by atoms with Crippen LogP contribution >= 0.6 is 15.9 Å². The number of carbonyl (C=O) groups excluding carboxylic acids is 1. The fourth-order valence-electron chi connectivity index (χ4n) is 1.55. The van der Waals surface area contributed by atoms with E-state index in [9.17, 15) is 13.6 Å². The molecule has 0 aliphatic heterocycles. The Morgan fingerprint density at radius 1 is 1.21 bits per heavy atom. The summed E-state index contributed by atoms with van der Waals surface area (Å²) in [5.41, 5.74) is 5.59. The van der Waals surface area contributed by atoms with Gasteiger partial charge in [-0.2, -0.15) is 0 Å². The third-order valence-corrected chi connectivity index (χ3v) is 3.04. The van der Waals surface area contributed by atoms with E-state index >= 15 is 0 Å². The summed E-state index contributed by atoms with van der Waals surface area (Å²) in [4.78, 5) is 11.9. The molecule has 19 heavy (non-hydrogen) atoms. The molecule has 0 saturated heterocycles. The maximum atomic E-state index is 13.5. The van der Waals surface area contributed by atoms with E-state index in [1.807, 2.05) is 0 Å². The zero-order chi connectivity index (χ0) is 14.0. The van der Waals surface area contributed by atoms with E-state index in [2.05, 4.69) is 21.2 Å². The fraction of sp³-hybridized carbons (Fsp3) is 0. The van der Waals surface area contributed by atoms with E-state index in [1.165, 1.54) is 18.2 Å². The van der Waals surface area contributed by atoms with Gasteiger partial charge in [0.2, 0.25) is 0 Å². The predicted molar refractivity (Wildman–Crippen MR) is 72.9 cm³/mol. The van der Waals surface area contributed by atoms with Gasteiger partial charge in [0.1, 0.15) is 11.6 Å². The number of para-hydroxylation sites is 1. The number of anilines is 2. The first-order valence-corrected chi connectivity index (χ1v) is 6.08. The molecule has 0 atom stereocenters. The number of nitrogen functional groups attached to an aromatic ring is 1. The molecule has 3 nitrogen and oxygen atoms in total. The summed E-state index contributed by atoms with van der Waals surface area (Å²) in [6, 6.07) is 7.72. The molecule has 0 bridgehead atoms. The van der Waals surface area contributed by atoms with Crippen molar-refractivity contribution in [3.05, 3.63) is 58.1 Å². The maximum Gasteiger partial charge on any atom is 0.255 e. The summed E-state index contributed by atoms with van der Waals surface area (Å²) in [6.45, 7) is 0. The van der Waals surface area contributed by atoms with Gasteiger partial charge in [0.15, 0.2) is 0 Å². The van der Waals surface area contributed by atoms with E-state index in [-0.39, 0.29) is 16.9 Å². The van der Waals surface area contributed by atoms with Crippen LogP contribution in [-0.2, 0) is 0 Å². The maximum absolute atomic E-state index is 13.5. The molecular weight excluding hydrogens is 318 g/mol. The Morgan fingerprint density at radius 2 is 1.95 bits per heavy atom. The van der Waals surface area contributed by atoms with Crippen LogP contribution in [-0.4, -0.2) is 5.91 Å². The van der Waals surface area contributed by atoms with Crippen molar-refractivity contribution in [1.82, 2.24) is 0 Å². The van der Waals surface area contributed by atoms with Gasteiger partial charge in [-0.05, 0) is 46.3 Å². The lowest BCUT2D eigenvalue weighted by atomic mass is 10.1. The minimum Gasteiger partial charge on any atom is -0.399 e. The van der Waals surface area contributed by atoms with E-state index in [4.69, 9.17) is 5.73 Å². The molecular formula is C13H9BrF2N2O. The molecule has 0 radical (unpaired) electrons. The van der Waals surface area contributed by atoms with Crippen molar-refractivity contribution in [2.24, 2.45) is 0 Å². The van der Waals surface area contributed by atoms with Crippen molar-refractivity contribution < 1.29 is 13.6 Å². The summed E-state index contributed by atoms with van der Waals surface area (Å²) < 4.78 is 27.1. The average molecular weight is 327 g/mol. The second-order valence-electron chi connectivity index (χ2n) is 3.82. The molecule has 0 heterocycles. The zero-order valence-electron chi connectivity index (χ0n) is 9.58. The lowest BCUT2D eigenvalue weighted by Gasteiger charge is -2.09. The molecule has 2 aromatic rings. The third kappa shape index (κ3) is 3.08. The molecule has 2 aromatic carbocycles. The highest BCUT2D eigenvalue weighted by atomic mass is 79.9. The van der Waals surface area contributed by atoms with Crippen molar-refractivity contribution in [2.75, 3.05) is 11.1 Å². The Kier molecular flexibility index (Phi) is 3.80. The minimum absolute atomic E-state index is 0.00432. The summed E-state index contributed by atoms with van der Waals surface area (Å²) in [6.07, 6.45) is 0. The van der Waals surface area contributed by atoms with Gasteiger partial charge in [-0.1, -0.05) is 6.07 Å². The third-order valence-electron chi connectivity index (χ3n) is 2.38. The molecule has 0 saturated carbocycles. The molecule has 0 fully saturated rings. The Labute approximate surface area is 116 Å². The average Bonchev–Trinajstić information content (AvgIpc) is 2.32. The number of halogens is 3. The summed E-state index contributed by atoms with van der Waals surface area (Å²) in [5.74, 6) is -1.86. The SMILES string of the molecule is Nc1cc(F)cc(C(=O)Nc2c(F)cccc2Br)c1. The van der Waals surface area contributed by atoms with Gasteiger partial charge in [0.25, 0.3) is 5.91 Å².